The number of nitrogens with zero attached hydrogens (tertiary/aromatic N) is 2. The summed E-state index contributed by atoms with van der Waals surface area (Å²) in [6.45, 7) is 0.939. The van der Waals surface area contributed by atoms with Gasteiger partial charge in [-0.1, -0.05) is 48.6 Å². The first-order chi connectivity index (χ1) is 15.6. The number of methoxy groups -OCH3 is 2. The molecule has 0 saturated carbocycles. The minimum atomic E-state index is -0.385. The minimum absolute atomic E-state index is 0.0694. The third-order valence-electron chi connectivity index (χ3n) is 6.65. The number of amides is 2. The van der Waals surface area contributed by atoms with E-state index in [1.54, 1.807) is 14.2 Å². The largest absolute Gasteiger partial charge is 0.497 e. The molecule has 6 aliphatic rings. The van der Waals surface area contributed by atoms with E-state index in [0.717, 1.165) is 22.6 Å². The molecule has 4 atom stereocenters. The van der Waals surface area contributed by atoms with E-state index in [4.69, 9.17) is 9.47 Å². The molecule has 6 nitrogen and oxygen atoms in total. The number of carbonyl (C=O) groups is 2. The Labute approximate surface area is 187 Å². The van der Waals surface area contributed by atoms with Crippen molar-refractivity contribution in [1.82, 2.24) is 9.80 Å². The second-order valence-electron chi connectivity index (χ2n) is 8.43. The van der Waals surface area contributed by atoms with Crippen molar-refractivity contribution in [3.05, 3.63) is 84.0 Å². The highest BCUT2D eigenvalue weighted by molar-refractivity contribution is 5.91. The predicted molar refractivity (Wildman–Crippen MR) is 120 cm³/mol. The van der Waals surface area contributed by atoms with E-state index in [0.29, 0.717) is 13.1 Å². The fraction of sp³-hybridized carbons (Fsp3) is 0.308. The monoisotopic (exact) mass is 430 g/mol. The molecule has 0 spiro atoms. The van der Waals surface area contributed by atoms with Gasteiger partial charge in [0, 0.05) is 13.1 Å². The van der Waals surface area contributed by atoms with Crippen molar-refractivity contribution in [3.63, 3.8) is 0 Å². The Morgan fingerprint density at radius 2 is 1.00 bits per heavy atom. The van der Waals surface area contributed by atoms with Crippen molar-refractivity contribution < 1.29 is 19.1 Å². The first-order valence-electron chi connectivity index (χ1n) is 10.8. The molecule has 0 radical (unpaired) electrons. The molecule has 2 aromatic carbocycles. The van der Waals surface area contributed by atoms with Crippen LogP contribution in [0.2, 0.25) is 0 Å². The number of benzene rings is 2. The highest BCUT2D eigenvalue weighted by atomic mass is 16.5. The van der Waals surface area contributed by atoms with Crippen molar-refractivity contribution in [2.45, 2.75) is 25.2 Å². The van der Waals surface area contributed by atoms with Gasteiger partial charge in [-0.25, -0.2) is 0 Å². The molecule has 1 fully saturated rings. The van der Waals surface area contributed by atoms with Crippen LogP contribution in [-0.2, 0) is 22.7 Å². The summed E-state index contributed by atoms with van der Waals surface area (Å²) in [7, 11) is 3.26. The molecule has 5 heterocycles. The van der Waals surface area contributed by atoms with Crippen LogP contribution in [-0.4, -0.2) is 47.9 Å². The fourth-order valence-corrected chi connectivity index (χ4v) is 4.89. The first-order valence-corrected chi connectivity index (χ1v) is 10.8. The average molecular weight is 431 g/mol. The zero-order valence-corrected chi connectivity index (χ0v) is 18.2. The third-order valence-corrected chi connectivity index (χ3v) is 6.65. The van der Waals surface area contributed by atoms with Crippen molar-refractivity contribution >= 4 is 11.8 Å². The van der Waals surface area contributed by atoms with Crippen molar-refractivity contribution in [3.8, 4) is 11.5 Å². The number of hydrogen-bond donors (Lipinski definition) is 0. The van der Waals surface area contributed by atoms with Crippen LogP contribution in [0.25, 0.3) is 0 Å². The normalized spacial score (nSPS) is 25.8. The number of rotatable bonds is 6. The lowest BCUT2D eigenvalue weighted by atomic mass is 9.78. The Morgan fingerprint density at radius 3 is 1.34 bits per heavy atom. The molecule has 0 unspecified atom stereocenters. The SMILES string of the molecule is COc1ccc(CN2C(=O)[C@H]3C=C[C@@H]2[C@@H]2C=C[C@@H]3N(Cc3ccc(OC)cc3)C2=O)cc1. The minimum Gasteiger partial charge on any atom is -0.497 e. The van der Waals surface area contributed by atoms with Gasteiger partial charge < -0.3 is 19.3 Å². The molecule has 8 rings (SSSR count). The Kier molecular flexibility index (Phi) is 5.21. The van der Waals surface area contributed by atoms with Gasteiger partial charge in [0.1, 0.15) is 11.5 Å². The van der Waals surface area contributed by atoms with Gasteiger partial charge in [0.15, 0.2) is 0 Å². The van der Waals surface area contributed by atoms with Gasteiger partial charge in [-0.15, -0.1) is 0 Å². The summed E-state index contributed by atoms with van der Waals surface area (Å²) >= 11 is 0. The van der Waals surface area contributed by atoms with E-state index in [2.05, 4.69) is 0 Å². The Bertz CT molecular complexity index is 987. The lowest BCUT2D eigenvalue weighted by Crippen LogP contribution is -2.62. The van der Waals surface area contributed by atoms with Gasteiger partial charge in [-0.2, -0.15) is 0 Å². The third kappa shape index (κ3) is 3.45. The summed E-state index contributed by atoms with van der Waals surface area (Å²) in [5.41, 5.74) is 2.03. The molecule has 0 N–H and O–H groups in total. The number of hydrogen-bond acceptors (Lipinski definition) is 4. The number of ether oxygens (including phenoxy) is 2. The quantitative estimate of drug-likeness (QED) is 0.661. The second kappa shape index (κ2) is 8.19. The summed E-state index contributed by atoms with van der Waals surface area (Å²) < 4.78 is 10.5. The van der Waals surface area contributed by atoms with Gasteiger partial charge in [-0.05, 0) is 35.4 Å². The van der Waals surface area contributed by atoms with Crippen LogP contribution in [0.3, 0.4) is 0 Å². The maximum Gasteiger partial charge on any atom is 0.232 e. The lowest BCUT2D eigenvalue weighted by molar-refractivity contribution is -0.152. The van der Waals surface area contributed by atoms with E-state index < -0.39 is 0 Å². The van der Waals surface area contributed by atoms with Gasteiger partial charge >= 0.3 is 0 Å². The standard InChI is InChI=1S/C26H26N2O4/c1-31-19-7-3-17(4-8-19)15-27-23-13-11-22(25(27)29)24-14-12-21(23)26(30)28(24)16-18-5-9-20(32-2)10-6-18/h3-14,21-24H,15-16H2,1-2H3/t21-,22-,23-,24+/m0/s1. The molecular formula is C26H26N2O4. The van der Waals surface area contributed by atoms with Crippen LogP contribution in [0.4, 0.5) is 0 Å². The van der Waals surface area contributed by atoms with Crippen LogP contribution in [0.15, 0.2) is 72.8 Å². The molecule has 1 aliphatic carbocycles. The van der Waals surface area contributed by atoms with Crippen LogP contribution in [0.5, 0.6) is 11.5 Å². The molecule has 6 heteroatoms. The van der Waals surface area contributed by atoms with Crippen molar-refractivity contribution in [2.24, 2.45) is 11.8 Å². The predicted octanol–water partition coefficient (Wildman–Crippen LogP) is 3.18. The highest BCUT2D eigenvalue weighted by Gasteiger charge is 2.49. The topological polar surface area (TPSA) is 59.1 Å². The van der Waals surface area contributed by atoms with E-state index in [1.807, 2.05) is 82.6 Å². The Hall–Kier alpha value is -3.54. The maximum absolute atomic E-state index is 13.5. The molecule has 4 bridgehead atoms. The second-order valence-corrected chi connectivity index (χ2v) is 8.43. The molecule has 1 saturated heterocycles. The zero-order valence-electron chi connectivity index (χ0n) is 18.2. The smallest absolute Gasteiger partial charge is 0.232 e. The fourth-order valence-electron chi connectivity index (χ4n) is 4.89. The summed E-state index contributed by atoms with van der Waals surface area (Å²) in [6.07, 6.45) is 8.07. The molecule has 2 amide bonds. The van der Waals surface area contributed by atoms with E-state index in [9.17, 15) is 9.59 Å². The lowest BCUT2D eigenvalue weighted by Gasteiger charge is -2.49. The van der Waals surface area contributed by atoms with Crippen LogP contribution >= 0.6 is 0 Å². The van der Waals surface area contributed by atoms with Gasteiger partial charge in [0.2, 0.25) is 11.8 Å². The maximum atomic E-state index is 13.5. The summed E-state index contributed by atoms with van der Waals surface area (Å²) in [5.74, 6) is 0.925. The Morgan fingerprint density at radius 1 is 0.625 bits per heavy atom. The summed E-state index contributed by atoms with van der Waals surface area (Å²) in [4.78, 5) is 30.8. The summed E-state index contributed by atoms with van der Waals surface area (Å²) in [5, 5.41) is 0. The first kappa shape index (κ1) is 20.4. The van der Waals surface area contributed by atoms with Crippen molar-refractivity contribution in [1.29, 1.82) is 0 Å². The molecule has 0 aromatic heterocycles. The van der Waals surface area contributed by atoms with Gasteiger partial charge in [0.25, 0.3) is 0 Å². The van der Waals surface area contributed by atoms with Crippen molar-refractivity contribution in [2.75, 3.05) is 14.2 Å². The molecular weight excluding hydrogens is 404 g/mol. The Balaban J connectivity index is 1.41. The molecule has 32 heavy (non-hydrogen) atoms. The van der Waals surface area contributed by atoms with E-state index >= 15 is 0 Å². The number of carbonyl (C=O) groups excluding carboxylic acids is 2. The van der Waals surface area contributed by atoms with Crippen LogP contribution in [0, 0.1) is 11.8 Å². The van der Waals surface area contributed by atoms with Crippen LogP contribution in [0.1, 0.15) is 11.1 Å². The zero-order chi connectivity index (χ0) is 22.2. The van der Waals surface area contributed by atoms with Gasteiger partial charge in [0.05, 0.1) is 38.1 Å². The van der Waals surface area contributed by atoms with E-state index in [1.165, 1.54) is 0 Å². The molecule has 5 aliphatic heterocycles. The van der Waals surface area contributed by atoms with Crippen LogP contribution < -0.4 is 9.47 Å². The molecule has 164 valence electrons. The summed E-state index contributed by atoms with van der Waals surface area (Å²) in [6, 6.07) is 14.9. The van der Waals surface area contributed by atoms with E-state index in [-0.39, 0.29) is 35.7 Å². The highest BCUT2D eigenvalue weighted by Crippen LogP contribution is 2.38. The average Bonchev–Trinajstić information content (AvgIpc) is 2.81. The van der Waals surface area contributed by atoms with Gasteiger partial charge in [-0.3, -0.25) is 9.59 Å². The molecule has 2 aromatic rings.